The lowest BCUT2D eigenvalue weighted by Gasteiger charge is -2.12. The third-order valence-corrected chi connectivity index (χ3v) is 4.49. The molecule has 2 N–H and O–H groups in total. The van der Waals surface area contributed by atoms with Crippen molar-refractivity contribution in [2.75, 3.05) is 12.5 Å². The van der Waals surface area contributed by atoms with Gasteiger partial charge in [-0.15, -0.1) is 0 Å². The highest BCUT2D eigenvalue weighted by Crippen LogP contribution is 2.42. The maximum atomic E-state index is 12.9. The van der Waals surface area contributed by atoms with Gasteiger partial charge in [-0.25, -0.2) is 0 Å². The van der Waals surface area contributed by atoms with Crippen LogP contribution in [0.25, 0.3) is 11.3 Å². The van der Waals surface area contributed by atoms with Gasteiger partial charge in [0.1, 0.15) is 5.69 Å². The van der Waals surface area contributed by atoms with Gasteiger partial charge < -0.3 is 20.4 Å². The SMILES string of the molecule is Nc1c(C(=O)c2ccccc2Cl)cc[n+]([O-])c1-c1cccc2c1OCO2. The van der Waals surface area contributed by atoms with E-state index in [1.54, 1.807) is 42.5 Å². The maximum Gasteiger partial charge on any atom is 0.251 e. The molecule has 1 aliphatic rings. The van der Waals surface area contributed by atoms with Crippen LogP contribution in [-0.2, 0) is 0 Å². The highest BCUT2D eigenvalue weighted by molar-refractivity contribution is 6.35. The maximum absolute atomic E-state index is 12.9. The summed E-state index contributed by atoms with van der Waals surface area (Å²) in [6, 6.07) is 13.2. The summed E-state index contributed by atoms with van der Waals surface area (Å²) in [7, 11) is 0. The fourth-order valence-corrected chi connectivity index (χ4v) is 3.14. The monoisotopic (exact) mass is 368 g/mol. The number of halogens is 1. The second-order valence-electron chi connectivity index (χ2n) is 5.67. The molecule has 0 aliphatic carbocycles. The number of nitrogens with two attached hydrogens (primary N) is 1. The summed E-state index contributed by atoms with van der Waals surface area (Å²) in [4.78, 5) is 12.9. The van der Waals surface area contributed by atoms with E-state index in [1.807, 2.05) is 0 Å². The Kier molecular flexibility index (Phi) is 3.89. The second kappa shape index (κ2) is 6.24. The lowest BCUT2D eigenvalue weighted by molar-refractivity contribution is -0.593. The van der Waals surface area contributed by atoms with Gasteiger partial charge in [0.25, 0.3) is 5.69 Å². The molecule has 1 aliphatic heterocycles. The average Bonchev–Trinajstić information content (AvgIpc) is 3.11. The molecule has 0 saturated heterocycles. The molecule has 6 nitrogen and oxygen atoms in total. The number of ether oxygens (including phenoxy) is 2. The minimum atomic E-state index is -0.361. The lowest BCUT2D eigenvalue weighted by atomic mass is 9.99. The highest BCUT2D eigenvalue weighted by Gasteiger charge is 2.28. The van der Waals surface area contributed by atoms with Crippen LogP contribution in [0.2, 0.25) is 5.02 Å². The van der Waals surface area contributed by atoms with Crippen LogP contribution in [0.4, 0.5) is 5.69 Å². The Morgan fingerprint density at radius 3 is 2.69 bits per heavy atom. The van der Waals surface area contributed by atoms with Crippen LogP contribution < -0.4 is 19.9 Å². The largest absolute Gasteiger partial charge is 0.618 e. The van der Waals surface area contributed by atoms with Crippen molar-refractivity contribution in [2.45, 2.75) is 0 Å². The number of nitrogens with zero attached hydrogens (tertiary/aromatic N) is 1. The van der Waals surface area contributed by atoms with Crippen molar-refractivity contribution < 1.29 is 19.0 Å². The number of rotatable bonds is 3. The van der Waals surface area contributed by atoms with Gasteiger partial charge in [0.15, 0.2) is 23.5 Å². The van der Waals surface area contributed by atoms with Crippen molar-refractivity contribution >= 4 is 23.1 Å². The Bertz CT molecular complexity index is 1040. The number of benzene rings is 2. The summed E-state index contributed by atoms with van der Waals surface area (Å²) in [5.74, 6) is 0.579. The molecule has 7 heteroatoms. The van der Waals surface area contributed by atoms with Crippen molar-refractivity contribution in [3.05, 3.63) is 76.1 Å². The van der Waals surface area contributed by atoms with Crippen LogP contribution in [0.3, 0.4) is 0 Å². The van der Waals surface area contributed by atoms with E-state index >= 15 is 0 Å². The van der Waals surface area contributed by atoms with Crippen molar-refractivity contribution in [3.8, 4) is 22.8 Å². The Hall–Kier alpha value is -3.25. The number of carbonyl (C=O) groups is 1. The average molecular weight is 369 g/mol. The molecule has 0 spiro atoms. The molecule has 0 fully saturated rings. The Labute approximate surface area is 153 Å². The fraction of sp³-hybridized carbons (Fsp3) is 0.0526. The smallest absolute Gasteiger partial charge is 0.251 e. The number of carbonyl (C=O) groups excluding carboxylic acids is 1. The summed E-state index contributed by atoms with van der Waals surface area (Å²) in [5.41, 5.74) is 7.36. The number of nitrogen functional groups attached to an aromatic ring is 1. The molecule has 26 heavy (non-hydrogen) atoms. The van der Waals surface area contributed by atoms with Crippen molar-refractivity contribution in [1.29, 1.82) is 0 Å². The zero-order chi connectivity index (χ0) is 18.3. The van der Waals surface area contributed by atoms with E-state index in [4.69, 9.17) is 26.8 Å². The van der Waals surface area contributed by atoms with E-state index in [0.29, 0.717) is 32.4 Å². The molecule has 130 valence electrons. The van der Waals surface area contributed by atoms with E-state index in [-0.39, 0.29) is 29.5 Å². The number of anilines is 1. The van der Waals surface area contributed by atoms with E-state index < -0.39 is 0 Å². The van der Waals surface area contributed by atoms with Gasteiger partial charge in [-0.05, 0) is 24.3 Å². The molecule has 0 saturated carbocycles. The lowest BCUT2D eigenvalue weighted by Crippen LogP contribution is -2.31. The van der Waals surface area contributed by atoms with Crippen LogP contribution in [0, 0.1) is 5.21 Å². The molecule has 0 radical (unpaired) electrons. The minimum absolute atomic E-state index is 0.0521. The second-order valence-corrected chi connectivity index (χ2v) is 6.07. The number of fused-ring (bicyclic) bond motifs is 1. The number of hydrogen-bond acceptors (Lipinski definition) is 5. The Morgan fingerprint density at radius 2 is 1.88 bits per heavy atom. The van der Waals surface area contributed by atoms with Crippen molar-refractivity contribution in [2.24, 2.45) is 0 Å². The van der Waals surface area contributed by atoms with Gasteiger partial charge >= 0.3 is 0 Å². The van der Waals surface area contributed by atoms with E-state index in [1.165, 1.54) is 12.3 Å². The first-order valence-electron chi connectivity index (χ1n) is 7.78. The van der Waals surface area contributed by atoms with Gasteiger partial charge in [-0.1, -0.05) is 29.8 Å². The van der Waals surface area contributed by atoms with Gasteiger partial charge in [0.05, 0.1) is 16.1 Å². The Morgan fingerprint density at radius 1 is 1.08 bits per heavy atom. The zero-order valence-electron chi connectivity index (χ0n) is 13.4. The normalized spacial score (nSPS) is 12.2. The van der Waals surface area contributed by atoms with E-state index in [9.17, 15) is 10.0 Å². The summed E-state index contributed by atoms with van der Waals surface area (Å²) in [5, 5.41) is 12.7. The molecule has 0 bridgehead atoms. The number of para-hydroxylation sites is 1. The number of hydrogen-bond donors (Lipinski definition) is 1. The fourth-order valence-electron chi connectivity index (χ4n) is 2.92. The van der Waals surface area contributed by atoms with Gasteiger partial charge in [0.2, 0.25) is 6.79 Å². The predicted octanol–water partition coefficient (Wildman–Crippen LogP) is 3.18. The summed E-state index contributed by atoms with van der Waals surface area (Å²) >= 11 is 6.12. The topological polar surface area (TPSA) is 88.5 Å². The standard InChI is InChI=1S/C19H13ClN2O4/c20-14-6-2-1-4-11(14)18(23)12-8-9-22(24)17(16(12)21)13-5-3-7-15-19(13)26-10-25-15/h1-9H,10,21H2. The minimum Gasteiger partial charge on any atom is -0.618 e. The summed E-state index contributed by atoms with van der Waals surface area (Å²) < 4.78 is 11.4. The predicted molar refractivity (Wildman–Crippen MR) is 96.3 cm³/mol. The number of pyridine rings is 1. The molecule has 0 amide bonds. The molecular weight excluding hydrogens is 356 g/mol. The first kappa shape index (κ1) is 16.2. The Balaban J connectivity index is 1.89. The molecule has 4 rings (SSSR count). The van der Waals surface area contributed by atoms with Crippen LogP contribution in [0.1, 0.15) is 15.9 Å². The zero-order valence-corrected chi connectivity index (χ0v) is 14.2. The number of aromatic nitrogens is 1. The van der Waals surface area contributed by atoms with E-state index in [2.05, 4.69) is 0 Å². The molecule has 3 aromatic rings. The molecule has 2 aromatic carbocycles. The summed E-state index contributed by atoms with van der Waals surface area (Å²) in [6.07, 6.45) is 1.24. The molecule has 0 unspecified atom stereocenters. The summed E-state index contributed by atoms with van der Waals surface area (Å²) in [6.45, 7) is 0.0589. The first-order chi connectivity index (χ1) is 12.6. The van der Waals surface area contributed by atoms with Gasteiger partial charge in [0, 0.05) is 11.6 Å². The van der Waals surface area contributed by atoms with Crippen LogP contribution in [0.15, 0.2) is 54.7 Å². The third-order valence-electron chi connectivity index (χ3n) is 4.16. The van der Waals surface area contributed by atoms with Crippen LogP contribution in [0.5, 0.6) is 11.5 Å². The molecule has 1 aromatic heterocycles. The van der Waals surface area contributed by atoms with Gasteiger partial charge in [-0.2, -0.15) is 4.73 Å². The number of ketones is 1. The van der Waals surface area contributed by atoms with E-state index in [0.717, 1.165) is 0 Å². The quantitative estimate of drug-likeness (QED) is 0.435. The molecule has 0 atom stereocenters. The highest BCUT2D eigenvalue weighted by atomic mass is 35.5. The molecule has 2 heterocycles. The van der Waals surface area contributed by atoms with Crippen molar-refractivity contribution in [3.63, 3.8) is 0 Å². The molecular formula is C19H13ClN2O4. The van der Waals surface area contributed by atoms with Crippen molar-refractivity contribution in [1.82, 2.24) is 0 Å². The van der Waals surface area contributed by atoms with Crippen LogP contribution >= 0.6 is 11.6 Å². The van der Waals surface area contributed by atoms with Crippen LogP contribution in [-0.4, -0.2) is 12.6 Å². The first-order valence-corrected chi connectivity index (χ1v) is 8.15. The van der Waals surface area contributed by atoms with Gasteiger partial charge in [-0.3, -0.25) is 4.79 Å². The third kappa shape index (κ3) is 2.51.